The average molecular weight is 259 g/mol. The molecule has 1 aliphatic heterocycles. The van der Waals surface area contributed by atoms with Gasteiger partial charge in [0.1, 0.15) is 12.2 Å². The van der Waals surface area contributed by atoms with Crippen molar-refractivity contribution < 1.29 is 19.1 Å². The van der Waals surface area contributed by atoms with Crippen LogP contribution in [0.1, 0.15) is 19.8 Å². The van der Waals surface area contributed by atoms with Crippen LogP contribution in [0.4, 0.5) is 0 Å². The van der Waals surface area contributed by atoms with E-state index in [1.807, 2.05) is 0 Å². The molecule has 5 heteroatoms. The molecule has 0 amide bonds. The van der Waals surface area contributed by atoms with Crippen molar-refractivity contribution >= 4 is 11.9 Å². The molecule has 0 aromatic carbocycles. The largest absolute Gasteiger partial charge is 0.457 e. The van der Waals surface area contributed by atoms with Crippen LogP contribution < -0.4 is 0 Å². The van der Waals surface area contributed by atoms with Crippen molar-refractivity contribution in [1.29, 1.82) is 5.26 Å². The zero-order valence-electron chi connectivity index (χ0n) is 10.5. The molecule has 6 unspecified atom stereocenters. The maximum atomic E-state index is 12.0. The van der Waals surface area contributed by atoms with Crippen LogP contribution >= 0.6 is 0 Å². The number of nitriles is 1. The van der Waals surface area contributed by atoms with E-state index in [0.717, 1.165) is 6.42 Å². The summed E-state index contributed by atoms with van der Waals surface area (Å²) in [6.45, 7) is 5.15. The summed E-state index contributed by atoms with van der Waals surface area (Å²) < 4.78 is 10.8. The zero-order valence-corrected chi connectivity index (χ0v) is 10.5. The minimum atomic E-state index is -0.973. The van der Waals surface area contributed by atoms with Crippen molar-refractivity contribution in [2.45, 2.75) is 32.0 Å². The van der Waals surface area contributed by atoms with Crippen LogP contribution in [0.15, 0.2) is 12.2 Å². The molecule has 5 nitrogen and oxygen atoms in total. The highest BCUT2D eigenvalue weighted by atomic mass is 16.6. The minimum absolute atomic E-state index is 0.0783. The Hall–Kier alpha value is -1.83. The number of hydrogen-bond donors (Lipinski definition) is 0. The smallest absolute Gasteiger partial charge is 0.333 e. The third kappa shape index (κ3) is 0.927. The lowest BCUT2D eigenvalue weighted by Crippen LogP contribution is -2.59. The fraction of sp³-hybridized carbons (Fsp3) is 0.643. The van der Waals surface area contributed by atoms with Gasteiger partial charge in [0.2, 0.25) is 0 Å². The average Bonchev–Trinajstić information content (AvgIpc) is 2.94. The van der Waals surface area contributed by atoms with E-state index >= 15 is 0 Å². The van der Waals surface area contributed by atoms with E-state index in [0.29, 0.717) is 17.9 Å². The highest BCUT2D eigenvalue weighted by Crippen LogP contribution is 2.84. The number of esters is 2. The Balaban J connectivity index is 1.67. The van der Waals surface area contributed by atoms with Gasteiger partial charge in [-0.3, -0.25) is 4.79 Å². The molecule has 0 N–H and O–H groups in total. The molecular formula is C14H13NO4. The Kier molecular flexibility index (Phi) is 1.65. The molecule has 19 heavy (non-hydrogen) atoms. The molecule has 0 aromatic rings. The number of hydrogen-bond acceptors (Lipinski definition) is 5. The molecule has 6 atom stereocenters. The molecule has 1 spiro atoms. The summed E-state index contributed by atoms with van der Waals surface area (Å²) >= 11 is 0. The minimum Gasteiger partial charge on any atom is -0.457 e. The van der Waals surface area contributed by atoms with Gasteiger partial charge >= 0.3 is 11.9 Å². The molecule has 1 heterocycles. The molecule has 0 radical (unpaired) electrons. The molecular weight excluding hydrogens is 246 g/mol. The number of nitrogens with zero attached hydrogens (tertiary/aromatic N) is 1. The number of carbonyl (C=O) groups excluding carboxylic acids is 2. The standard InChI is InChI=1S/C14H13NO4/c1-6(2)11(16)19-10-8-9-13(5-15,12(17)18-8)3-7-4-14(7,9)10/h7-10H,1,3-4H2,2H3. The Morgan fingerprint density at radius 1 is 1.58 bits per heavy atom. The van der Waals surface area contributed by atoms with Gasteiger partial charge in [-0.05, 0) is 25.7 Å². The third-order valence-corrected chi connectivity index (χ3v) is 5.42. The maximum absolute atomic E-state index is 12.0. The van der Waals surface area contributed by atoms with E-state index in [1.165, 1.54) is 0 Å². The Bertz CT molecular complexity index is 591. The number of ether oxygens (including phenoxy) is 2. The summed E-state index contributed by atoms with van der Waals surface area (Å²) in [5, 5.41) is 9.35. The van der Waals surface area contributed by atoms with Crippen molar-refractivity contribution in [2.24, 2.45) is 22.7 Å². The highest BCUT2D eigenvalue weighted by molar-refractivity contribution is 5.89. The fourth-order valence-corrected chi connectivity index (χ4v) is 4.58. The zero-order chi connectivity index (χ0) is 13.6. The molecule has 98 valence electrons. The molecule has 3 saturated carbocycles. The lowest BCUT2D eigenvalue weighted by molar-refractivity contribution is -0.194. The summed E-state index contributed by atoms with van der Waals surface area (Å²) in [6.07, 6.45) is 0.684. The summed E-state index contributed by atoms with van der Waals surface area (Å²) in [5.74, 6) is -0.624. The third-order valence-electron chi connectivity index (χ3n) is 5.42. The second-order valence-electron chi connectivity index (χ2n) is 6.25. The molecule has 4 fully saturated rings. The van der Waals surface area contributed by atoms with E-state index in [1.54, 1.807) is 6.92 Å². The van der Waals surface area contributed by atoms with Crippen molar-refractivity contribution in [2.75, 3.05) is 0 Å². The van der Waals surface area contributed by atoms with Crippen LogP contribution in [0.5, 0.6) is 0 Å². The van der Waals surface area contributed by atoms with Crippen LogP contribution in [0.25, 0.3) is 0 Å². The van der Waals surface area contributed by atoms with Crippen molar-refractivity contribution in [3.63, 3.8) is 0 Å². The SMILES string of the molecule is C=C(C)C(=O)OC1C2OC(=O)C3(C#N)CC4CC41C23. The van der Waals surface area contributed by atoms with Gasteiger partial charge in [0, 0.05) is 16.9 Å². The molecule has 1 saturated heterocycles. The Morgan fingerprint density at radius 2 is 2.32 bits per heavy atom. The van der Waals surface area contributed by atoms with Crippen LogP contribution in [-0.2, 0) is 19.1 Å². The lowest BCUT2D eigenvalue weighted by Gasteiger charge is -2.46. The Morgan fingerprint density at radius 3 is 2.95 bits per heavy atom. The van der Waals surface area contributed by atoms with Crippen LogP contribution in [0, 0.1) is 34.0 Å². The van der Waals surface area contributed by atoms with Crippen LogP contribution in [0.3, 0.4) is 0 Å². The van der Waals surface area contributed by atoms with Crippen molar-refractivity contribution in [3.8, 4) is 6.07 Å². The first kappa shape index (κ1) is 11.0. The first-order chi connectivity index (χ1) is 8.97. The normalized spacial score (nSPS) is 51.3. The van der Waals surface area contributed by atoms with Gasteiger partial charge < -0.3 is 9.47 Å². The van der Waals surface area contributed by atoms with E-state index in [4.69, 9.17) is 9.47 Å². The first-order valence-corrected chi connectivity index (χ1v) is 6.46. The van der Waals surface area contributed by atoms with Gasteiger partial charge in [0.05, 0.1) is 6.07 Å². The predicted molar refractivity (Wildman–Crippen MR) is 61.3 cm³/mol. The first-order valence-electron chi connectivity index (χ1n) is 6.46. The second-order valence-corrected chi connectivity index (χ2v) is 6.25. The van der Waals surface area contributed by atoms with Crippen LogP contribution in [0.2, 0.25) is 0 Å². The Labute approximate surface area is 110 Å². The van der Waals surface area contributed by atoms with Gasteiger partial charge in [-0.1, -0.05) is 6.58 Å². The monoisotopic (exact) mass is 259 g/mol. The number of carbonyl (C=O) groups is 2. The fourth-order valence-electron chi connectivity index (χ4n) is 4.58. The van der Waals surface area contributed by atoms with Gasteiger partial charge in [-0.15, -0.1) is 0 Å². The number of rotatable bonds is 2. The summed E-state index contributed by atoms with van der Waals surface area (Å²) in [5.41, 5.74) is -0.803. The van der Waals surface area contributed by atoms with Crippen molar-refractivity contribution in [1.82, 2.24) is 0 Å². The highest BCUT2D eigenvalue weighted by Gasteiger charge is 2.91. The van der Waals surface area contributed by atoms with Crippen molar-refractivity contribution in [3.05, 3.63) is 12.2 Å². The molecule has 3 aliphatic carbocycles. The predicted octanol–water partition coefficient (Wildman–Crippen LogP) is 0.949. The van der Waals surface area contributed by atoms with E-state index in [9.17, 15) is 14.9 Å². The summed E-state index contributed by atoms with van der Waals surface area (Å²) in [7, 11) is 0. The topological polar surface area (TPSA) is 76.4 Å². The summed E-state index contributed by atoms with van der Waals surface area (Å²) in [6, 6.07) is 2.17. The summed E-state index contributed by atoms with van der Waals surface area (Å²) in [4.78, 5) is 23.6. The van der Waals surface area contributed by atoms with Crippen LogP contribution in [-0.4, -0.2) is 24.1 Å². The molecule has 0 aromatic heterocycles. The second kappa shape index (κ2) is 2.84. The molecule has 0 bridgehead atoms. The molecule has 4 aliphatic rings. The van der Waals surface area contributed by atoms with E-state index < -0.39 is 23.5 Å². The van der Waals surface area contributed by atoms with E-state index in [-0.39, 0.29) is 17.4 Å². The van der Waals surface area contributed by atoms with Gasteiger partial charge in [-0.2, -0.15) is 5.26 Å². The van der Waals surface area contributed by atoms with Gasteiger partial charge in [0.15, 0.2) is 5.41 Å². The lowest BCUT2D eigenvalue weighted by atomic mass is 9.59. The maximum Gasteiger partial charge on any atom is 0.333 e. The van der Waals surface area contributed by atoms with Gasteiger partial charge in [0.25, 0.3) is 0 Å². The van der Waals surface area contributed by atoms with Gasteiger partial charge in [-0.25, -0.2) is 4.79 Å². The van der Waals surface area contributed by atoms with E-state index in [2.05, 4.69) is 12.6 Å². The molecule has 4 rings (SSSR count). The quantitative estimate of drug-likeness (QED) is 0.545.